The number of esters is 3. The maximum Gasteiger partial charge on any atom is 0.306 e. The van der Waals surface area contributed by atoms with Crippen molar-refractivity contribution in [1.29, 1.82) is 0 Å². The summed E-state index contributed by atoms with van der Waals surface area (Å²) in [5.74, 6) is -0.948. The monoisotopic (exact) mass is 893 g/mol. The molecule has 368 valence electrons. The lowest BCUT2D eigenvalue weighted by molar-refractivity contribution is -0.167. The molecule has 0 aliphatic heterocycles. The van der Waals surface area contributed by atoms with Crippen LogP contribution in [0.1, 0.15) is 258 Å². The van der Waals surface area contributed by atoms with Crippen molar-refractivity contribution in [3.63, 3.8) is 0 Å². The molecule has 0 heterocycles. The Labute approximate surface area is 395 Å². The second-order valence-electron chi connectivity index (χ2n) is 17.8. The Morgan fingerprint density at radius 1 is 0.344 bits per heavy atom. The van der Waals surface area contributed by atoms with Gasteiger partial charge >= 0.3 is 17.9 Å². The van der Waals surface area contributed by atoms with Gasteiger partial charge in [0.25, 0.3) is 0 Å². The minimum absolute atomic E-state index is 0.0977. The van der Waals surface area contributed by atoms with Crippen LogP contribution in [0.5, 0.6) is 0 Å². The number of hydrogen-bond donors (Lipinski definition) is 0. The summed E-state index contributed by atoms with van der Waals surface area (Å²) in [6.07, 6.45) is 66.0. The van der Waals surface area contributed by atoms with Crippen molar-refractivity contribution in [2.75, 3.05) is 13.2 Å². The van der Waals surface area contributed by atoms with Crippen molar-refractivity contribution in [2.45, 2.75) is 264 Å². The van der Waals surface area contributed by atoms with Gasteiger partial charge in [-0.15, -0.1) is 0 Å². The number of carbonyl (C=O) groups excluding carboxylic acids is 3. The van der Waals surface area contributed by atoms with E-state index in [4.69, 9.17) is 14.2 Å². The van der Waals surface area contributed by atoms with Gasteiger partial charge in [0.2, 0.25) is 0 Å². The molecule has 0 aromatic carbocycles. The largest absolute Gasteiger partial charge is 0.462 e. The summed E-state index contributed by atoms with van der Waals surface area (Å²) in [5.41, 5.74) is 0. The maximum atomic E-state index is 12.8. The van der Waals surface area contributed by atoms with E-state index in [1.54, 1.807) is 0 Å². The summed E-state index contributed by atoms with van der Waals surface area (Å²) in [6, 6.07) is 0. The average molecular weight is 893 g/mol. The predicted molar refractivity (Wildman–Crippen MR) is 274 cm³/mol. The first-order chi connectivity index (χ1) is 31.5. The lowest BCUT2D eigenvalue weighted by Crippen LogP contribution is -2.30. The number of ether oxygens (including phenoxy) is 3. The summed E-state index contributed by atoms with van der Waals surface area (Å²) in [6.45, 7) is 6.48. The molecule has 0 rings (SSSR count). The molecular weight excluding hydrogens is 793 g/mol. The molecule has 0 aliphatic carbocycles. The van der Waals surface area contributed by atoms with Crippen LogP contribution in [0.4, 0.5) is 0 Å². The fourth-order valence-corrected chi connectivity index (χ4v) is 7.38. The molecule has 64 heavy (non-hydrogen) atoms. The van der Waals surface area contributed by atoms with Crippen LogP contribution in [0.3, 0.4) is 0 Å². The standard InChI is InChI=1S/C58H100O6/c1-4-7-10-13-16-19-22-25-28-30-33-36-39-42-45-48-51-57(60)63-54-55(53-62-56(59)50-47-44-41-38-35-32-27-24-21-18-15-12-9-6-3)64-58(61)52-49-46-43-40-37-34-31-29-26-23-20-17-14-11-8-5-2/h7,10,16,19,25,28-29,31-32,34-35,37,55H,4-6,8-9,11-15,17-18,20-24,26-27,30,33,36,38-54H2,1-3H3/b10-7-,19-16-,28-25-,31-29-,35-32-,37-34-. The van der Waals surface area contributed by atoms with E-state index in [9.17, 15) is 14.4 Å². The Morgan fingerprint density at radius 3 is 1.08 bits per heavy atom. The molecule has 1 atom stereocenters. The third kappa shape index (κ3) is 49.9. The van der Waals surface area contributed by atoms with Crippen LogP contribution in [0.15, 0.2) is 72.9 Å². The van der Waals surface area contributed by atoms with Gasteiger partial charge in [-0.2, -0.15) is 0 Å². The van der Waals surface area contributed by atoms with E-state index >= 15 is 0 Å². The van der Waals surface area contributed by atoms with Gasteiger partial charge in [-0.3, -0.25) is 14.4 Å². The van der Waals surface area contributed by atoms with Gasteiger partial charge in [0.05, 0.1) is 0 Å². The van der Waals surface area contributed by atoms with E-state index in [0.717, 1.165) is 109 Å². The average Bonchev–Trinajstić information content (AvgIpc) is 3.29. The SMILES string of the molecule is CC/C=C\C/C=C\C/C=C\CCCCCCCCC(=O)OCC(COC(=O)CCCCC/C=C\CCCCCCCCC)OC(=O)CCCCC/C=C\C=C/CCCCCCCCC. The third-order valence-corrected chi connectivity index (χ3v) is 11.4. The van der Waals surface area contributed by atoms with Crippen molar-refractivity contribution in [3.8, 4) is 0 Å². The summed E-state index contributed by atoms with van der Waals surface area (Å²) >= 11 is 0. The van der Waals surface area contributed by atoms with Crippen LogP contribution in [0.2, 0.25) is 0 Å². The van der Waals surface area contributed by atoms with E-state index < -0.39 is 6.10 Å². The molecule has 0 aliphatic rings. The van der Waals surface area contributed by atoms with Crippen molar-refractivity contribution >= 4 is 17.9 Å². The first-order valence-electron chi connectivity index (χ1n) is 27.0. The number of unbranched alkanes of at least 4 members (excludes halogenated alkanes) is 26. The van der Waals surface area contributed by atoms with Crippen LogP contribution in [0, 0.1) is 0 Å². The number of rotatable bonds is 48. The van der Waals surface area contributed by atoms with Crippen LogP contribution in [-0.2, 0) is 28.6 Å². The minimum atomic E-state index is -0.800. The molecule has 0 radical (unpaired) electrons. The Balaban J connectivity index is 4.47. The number of allylic oxidation sites excluding steroid dienone is 12. The van der Waals surface area contributed by atoms with Gasteiger partial charge in [-0.05, 0) is 103 Å². The minimum Gasteiger partial charge on any atom is -0.462 e. The van der Waals surface area contributed by atoms with Crippen LogP contribution in [-0.4, -0.2) is 37.2 Å². The van der Waals surface area contributed by atoms with Crippen molar-refractivity contribution in [1.82, 2.24) is 0 Å². The van der Waals surface area contributed by atoms with Gasteiger partial charge in [-0.25, -0.2) is 0 Å². The second kappa shape index (κ2) is 52.5. The molecule has 6 nitrogen and oxygen atoms in total. The first-order valence-corrected chi connectivity index (χ1v) is 27.0. The zero-order valence-electron chi connectivity index (χ0n) is 42.0. The fraction of sp³-hybridized carbons (Fsp3) is 0.741. The second-order valence-corrected chi connectivity index (χ2v) is 17.8. The molecule has 0 aromatic rings. The summed E-state index contributed by atoms with van der Waals surface area (Å²) in [5, 5.41) is 0. The van der Waals surface area contributed by atoms with E-state index in [1.165, 1.54) is 109 Å². The van der Waals surface area contributed by atoms with Crippen molar-refractivity contribution in [2.24, 2.45) is 0 Å². The maximum absolute atomic E-state index is 12.8. The molecular formula is C58H100O6. The zero-order valence-corrected chi connectivity index (χ0v) is 42.0. The topological polar surface area (TPSA) is 78.9 Å². The summed E-state index contributed by atoms with van der Waals surface area (Å²) < 4.78 is 16.8. The summed E-state index contributed by atoms with van der Waals surface area (Å²) in [4.78, 5) is 38.0. The molecule has 0 fully saturated rings. The van der Waals surface area contributed by atoms with E-state index in [2.05, 4.69) is 93.7 Å². The Bertz CT molecular complexity index is 1210. The highest BCUT2D eigenvalue weighted by Crippen LogP contribution is 2.14. The van der Waals surface area contributed by atoms with Crippen LogP contribution in [0.25, 0.3) is 0 Å². The molecule has 0 amide bonds. The van der Waals surface area contributed by atoms with E-state index in [-0.39, 0.29) is 31.1 Å². The molecule has 1 unspecified atom stereocenters. The number of carbonyl (C=O) groups is 3. The van der Waals surface area contributed by atoms with E-state index in [0.29, 0.717) is 19.3 Å². The third-order valence-electron chi connectivity index (χ3n) is 11.4. The van der Waals surface area contributed by atoms with E-state index in [1.807, 2.05) is 0 Å². The van der Waals surface area contributed by atoms with Gasteiger partial charge in [-0.1, -0.05) is 209 Å². The highest BCUT2D eigenvalue weighted by atomic mass is 16.6. The van der Waals surface area contributed by atoms with Gasteiger partial charge < -0.3 is 14.2 Å². The predicted octanol–water partition coefficient (Wildman–Crippen LogP) is 17.8. The molecule has 0 bridgehead atoms. The summed E-state index contributed by atoms with van der Waals surface area (Å²) in [7, 11) is 0. The molecule has 0 aromatic heterocycles. The Morgan fingerprint density at radius 2 is 0.656 bits per heavy atom. The zero-order chi connectivity index (χ0) is 46.5. The van der Waals surface area contributed by atoms with Crippen LogP contribution >= 0.6 is 0 Å². The van der Waals surface area contributed by atoms with Crippen molar-refractivity contribution < 1.29 is 28.6 Å². The molecule has 6 heteroatoms. The lowest BCUT2D eigenvalue weighted by atomic mass is 10.1. The molecule has 0 spiro atoms. The molecule has 0 N–H and O–H groups in total. The van der Waals surface area contributed by atoms with Gasteiger partial charge in [0, 0.05) is 19.3 Å². The smallest absolute Gasteiger partial charge is 0.306 e. The highest BCUT2D eigenvalue weighted by molar-refractivity contribution is 5.71. The Hall–Kier alpha value is -3.15. The quantitative estimate of drug-likeness (QED) is 0.0199. The molecule has 0 saturated carbocycles. The van der Waals surface area contributed by atoms with Crippen molar-refractivity contribution in [3.05, 3.63) is 72.9 Å². The highest BCUT2D eigenvalue weighted by Gasteiger charge is 2.19. The van der Waals surface area contributed by atoms with Gasteiger partial charge in [0.15, 0.2) is 6.10 Å². The first kappa shape index (κ1) is 60.9. The fourth-order valence-electron chi connectivity index (χ4n) is 7.38. The van der Waals surface area contributed by atoms with Gasteiger partial charge in [0.1, 0.15) is 13.2 Å². The lowest BCUT2D eigenvalue weighted by Gasteiger charge is -2.18. The normalized spacial score (nSPS) is 12.6. The molecule has 0 saturated heterocycles. The number of hydrogen-bond acceptors (Lipinski definition) is 6. The van der Waals surface area contributed by atoms with Crippen LogP contribution < -0.4 is 0 Å². The Kier molecular flexibility index (Phi) is 49.9.